The first-order valence-corrected chi connectivity index (χ1v) is 3.23. The average Bonchev–Trinajstić information content (AvgIpc) is 2.11. The van der Waals surface area contributed by atoms with Crippen molar-refractivity contribution in [1.82, 2.24) is 5.32 Å². The zero-order chi connectivity index (χ0) is 6.10. The van der Waals surface area contributed by atoms with Crippen LogP contribution in [0.15, 0.2) is 22.8 Å². The Bertz CT molecular complexity index is 177. The monoisotopic (exact) mass is 123 g/mol. The fourth-order valence-electron chi connectivity index (χ4n) is 1.02. The topological polar surface area (TPSA) is 25.2 Å². The highest BCUT2D eigenvalue weighted by atomic mass is 16.3. The zero-order valence-electron chi connectivity index (χ0n) is 5.13. The lowest BCUT2D eigenvalue weighted by atomic mass is 10.1. The second kappa shape index (κ2) is 1.88. The number of hydrogen-bond donors (Lipinski definition) is 1. The molecule has 1 aliphatic heterocycles. The third kappa shape index (κ3) is 0.754. The quantitative estimate of drug-likeness (QED) is 0.609. The summed E-state index contributed by atoms with van der Waals surface area (Å²) in [5.74, 6) is 1.07. The van der Waals surface area contributed by atoms with E-state index in [4.69, 9.17) is 4.42 Å². The predicted octanol–water partition coefficient (Wildman–Crippen LogP) is 1.31. The van der Waals surface area contributed by atoms with E-state index in [1.807, 2.05) is 12.1 Å². The highest BCUT2D eigenvalue weighted by molar-refractivity contribution is 5.06. The van der Waals surface area contributed by atoms with E-state index < -0.39 is 0 Å². The number of nitrogens with one attached hydrogen (secondary N) is 1. The van der Waals surface area contributed by atoms with Crippen LogP contribution in [-0.2, 0) is 0 Å². The first kappa shape index (κ1) is 5.06. The van der Waals surface area contributed by atoms with Crippen LogP contribution in [0.5, 0.6) is 0 Å². The predicted molar refractivity (Wildman–Crippen MR) is 34.1 cm³/mol. The van der Waals surface area contributed by atoms with Crippen LogP contribution in [0.1, 0.15) is 18.2 Å². The Kier molecular flexibility index (Phi) is 1.06. The molecule has 0 bridgehead atoms. The largest absolute Gasteiger partial charge is 0.468 e. The van der Waals surface area contributed by atoms with Gasteiger partial charge in [0.2, 0.25) is 0 Å². The molecule has 1 fully saturated rings. The molecule has 0 saturated carbocycles. The summed E-state index contributed by atoms with van der Waals surface area (Å²) >= 11 is 0. The zero-order valence-corrected chi connectivity index (χ0v) is 5.13. The molecule has 0 unspecified atom stereocenters. The van der Waals surface area contributed by atoms with Crippen LogP contribution in [0.2, 0.25) is 0 Å². The van der Waals surface area contributed by atoms with E-state index in [1.165, 1.54) is 6.42 Å². The Balaban J connectivity index is 2.14. The van der Waals surface area contributed by atoms with E-state index in [9.17, 15) is 0 Å². The van der Waals surface area contributed by atoms with E-state index >= 15 is 0 Å². The minimum atomic E-state index is 0.500. The standard InChI is InChI=1S/C7H9NO/c1-2-7(9-5-1)6-3-4-8-6/h1-2,5-6,8H,3-4H2/t6-/m0/s1. The lowest BCUT2D eigenvalue weighted by molar-refractivity contribution is 0.319. The minimum Gasteiger partial charge on any atom is -0.468 e. The third-order valence-corrected chi connectivity index (χ3v) is 1.71. The van der Waals surface area contributed by atoms with Crippen LogP contribution in [0.25, 0.3) is 0 Å². The molecule has 1 atom stereocenters. The van der Waals surface area contributed by atoms with Gasteiger partial charge in [0.05, 0.1) is 12.3 Å². The minimum absolute atomic E-state index is 0.500. The van der Waals surface area contributed by atoms with Gasteiger partial charge in [0.1, 0.15) is 5.76 Å². The van der Waals surface area contributed by atoms with Gasteiger partial charge in [0, 0.05) is 0 Å². The molecule has 0 amide bonds. The number of furan rings is 1. The Morgan fingerprint density at radius 2 is 2.56 bits per heavy atom. The SMILES string of the molecule is c1coc([C@@H]2CCN2)c1. The molecule has 2 heteroatoms. The van der Waals surface area contributed by atoms with Gasteiger partial charge in [-0.2, -0.15) is 0 Å². The second-order valence-electron chi connectivity index (χ2n) is 2.31. The van der Waals surface area contributed by atoms with Crippen LogP contribution < -0.4 is 5.32 Å². The molecule has 1 aliphatic rings. The summed E-state index contributed by atoms with van der Waals surface area (Å²) in [6.45, 7) is 1.13. The Morgan fingerprint density at radius 1 is 1.67 bits per heavy atom. The van der Waals surface area contributed by atoms with Crippen molar-refractivity contribution in [1.29, 1.82) is 0 Å². The van der Waals surface area contributed by atoms with Crippen LogP contribution >= 0.6 is 0 Å². The van der Waals surface area contributed by atoms with Crippen LogP contribution in [0, 0.1) is 0 Å². The van der Waals surface area contributed by atoms with E-state index in [1.54, 1.807) is 6.26 Å². The lowest BCUT2D eigenvalue weighted by Crippen LogP contribution is -2.34. The molecule has 1 aromatic rings. The van der Waals surface area contributed by atoms with Crippen molar-refractivity contribution >= 4 is 0 Å². The normalized spacial score (nSPS) is 25.6. The highest BCUT2D eigenvalue weighted by Crippen LogP contribution is 2.22. The van der Waals surface area contributed by atoms with Crippen LogP contribution in [-0.4, -0.2) is 6.54 Å². The highest BCUT2D eigenvalue weighted by Gasteiger charge is 2.19. The molecule has 48 valence electrons. The lowest BCUT2D eigenvalue weighted by Gasteiger charge is -2.25. The van der Waals surface area contributed by atoms with Gasteiger partial charge in [-0.3, -0.25) is 0 Å². The molecule has 1 N–H and O–H groups in total. The van der Waals surface area contributed by atoms with Gasteiger partial charge < -0.3 is 9.73 Å². The van der Waals surface area contributed by atoms with Crippen molar-refractivity contribution in [2.45, 2.75) is 12.5 Å². The second-order valence-corrected chi connectivity index (χ2v) is 2.31. The fourth-order valence-corrected chi connectivity index (χ4v) is 1.02. The molecular weight excluding hydrogens is 114 g/mol. The first-order chi connectivity index (χ1) is 4.47. The average molecular weight is 123 g/mol. The van der Waals surface area contributed by atoms with Gasteiger partial charge in [-0.1, -0.05) is 0 Å². The van der Waals surface area contributed by atoms with Gasteiger partial charge in [0.25, 0.3) is 0 Å². The Labute approximate surface area is 53.9 Å². The summed E-state index contributed by atoms with van der Waals surface area (Å²) in [5, 5.41) is 3.25. The van der Waals surface area contributed by atoms with E-state index in [2.05, 4.69) is 5.32 Å². The molecule has 0 radical (unpaired) electrons. The van der Waals surface area contributed by atoms with Crippen molar-refractivity contribution in [3.05, 3.63) is 24.2 Å². The van der Waals surface area contributed by atoms with E-state index in [-0.39, 0.29) is 0 Å². The maximum atomic E-state index is 5.17. The summed E-state index contributed by atoms with van der Waals surface area (Å²) < 4.78 is 5.17. The molecule has 0 spiro atoms. The molecule has 2 rings (SSSR count). The van der Waals surface area contributed by atoms with E-state index in [0.29, 0.717) is 6.04 Å². The Hall–Kier alpha value is -0.760. The van der Waals surface area contributed by atoms with Crippen LogP contribution in [0.3, 0.4) is 0 Å². The summed E-state index contributed by atoms with van der Waals surface area (Å²) in [7, 11) is 0. The van der Waals surface area contributed by atoms with Gasteiger partial charge in [-0.05, 0) is 25.1 Å². The van der Waals surface area contributed by atoms with Crippen molar-refractivity contribution in [2.75, 3.05) is 6.54 Å². The van der Waals surface area contributed by atoms with Crippen molar-refractivity contribution in [3.8, 4) is 0 Å². The summed E-state index contributed by atoms with van der Waals surface area (Å²) in [6.07, 6.45) is 2.93. The van der Waals surface area contributed by atoms with E-state index in [0.717, 1.165) is 12.3 Å². The number of hydrogen-bond acceptors (Lipinski definition) is 2. The summed E-state index contributed by atoms with van der Waals surface area (Å²) in [5.41, 5.74) is 0. The van der Waals surface area contributed by atoms with Crippen molar-refractivity contribution in [3.63, 3.8) is 0 Å². The number of rotatable bonds is 1. The fraction of sp³-hybridized carbons (Fsp3) is 0.429. The Morgan fingerprint density at radius 3 is 3.00 bits per heavy atom. The van der Waals surface area contributed by atoms with Gasteiger partial charge >= 0.3 is 0 Å². The summed E-state index contributed by atoms with van der Waals surface area (Å²) in [4.78, 5) is 0. The third-order valence-electron chi connectivity index (χ3n) is 1.71. The van der Waals surface area contributed by atoms with Crippen LogP contribution in [0.4, 0.5) is 0 Å². The first-order valence-electron chi connectivity index (χ1n) is 3.23. The molecular formula is C7H9NO. The molecule has 2 heterocycles. The molecule has 2 nitrogen and oxygen atoms in total. The van der Waals surface area contributed by atoms with Gasteiger partial charge in [-0.25, -0.2) is 0 Å². The molecule has 1 saturated heterocycles. The molecule has 0 aromatic carbocycles. The molecule has 0 aliphatic carbocycles. The van der Waals surface area contributed by atoms with Crippen molar-refractivity contribution < 1.29 is 4.42 Å². The molecule has 1 aromatic heterocycles. The van der Waals surface area contributed by atoms with Crippen molar-refractivity contribution in [2.24, 2.45) is 0 Å². The van der Waals surface area contributed by atoms with Gasteiger partial charge in [-0.15, -0.1) is 0 Å². The summed E-state index contributed by atoms with van der Waals surface area (Å²) in [6, 6.07) is 4.44. The maximum absolute atomic E-state index is 5.17. The maximum Gasteiger partial charge on any atom is 0.120 e. The smallest absolute Gasteiger partial charge is 0.120 e. The molecule has 9 heavy (non-hydrogen) atoms. The van der Waals surface area contributed by atoms with Gasteiger partial charge in [0.15, 0.2) is 0 Å².